The molecule has 1 atom stereocenters. The summed E-state index contributed by atoms with van der Waals surface area (Å²) in [4.78, 5) is 0. The third-order valence-electron chi connectivity index (χ3n) is 8.50. The lowest BCUT2D eigenvalue weighted by molar-refractivity contribution is 0.196. The van der Waals surface area contributed by atoms with Crippen LogP contribution in [0.4, 0.5) is 0 Å². The van der Waals surface area contributed by atoms with Crippen molar-refractivity contribution in [2.24, 2.45) is 23.7 Å². The van der Waals surface area contributed by atoms with Crippen LogP contribution < -0.4 is 0 Å². The summed E-state index contributed by atoms with van der Waals surface area (Å²) in [6, 6.07) is 9.69. The summed E-state index contributed by atoms with van der Waals surface area (Å²) in [7, 11) is 0. The molecule has 0 radical (unpaired) electrons. The molecule has 1 aromatic carbocycles. The van der Waals surface area contributed by atoms with E-state index in [1.165, 1.54) is 121 Å². The van der Waals surface area contributed by atoms with Gasteiger partial charge in [0.2, 0.25) is 0 Å². The Morgan fingerprint density at radius 3 is 1.97 bits per heavy atom. The van der Waals surface area contributed by atoms with Gasteiger partial charge in [-0.05, 0) is 54.1 Å². The second-order valence-corrected chi connectivity index (χ2v) is 10.9. The Labute approximate surface area is 188 Å². The monoisotopic (exact) mass is 410 g/mol. The SMILES string of the molecule is CCCCCC1CCC(CCC(Cc2ccc(CCC)cc2)C2CCCCC2)CC1. The molecule has 0 bridgehead atoms. The summed E-state index contributed by atoms with van der Waals surface area (Å²) in [5.74, 6) is 4.03. The highest BCUT2D eigenvalue weighted by atomic mass is 14.3. The van der Waals surface area contributed by atoms with Crippen LogP contribution in [0.2, 0.25) is 0 Å². The number of hydrogen-bond donors (Lipinski definition) is 0. The fourth-order valence-electron chi connectivity index (χ4n) is 6.49. The van der Waals surface area contributed by atoms with E-state index in [4.69, 9.17) is 0 Å². The van der Waals surface area contributed by atoms with E-state index in [0.29, 0.717) is 0 Å². The fraction of sp³-hybridized carbons (Fsp3) is 0.800. The summed E-state index contributed by atoms with van der Waals surface area (Å²) >= 11 is 0. The molecule has 0 spiro atoms. The van der Waals surface area contributed by atoms with Crippen molar-refractivity contribution in [3.8, 4) is 0 Å². The lowest BCUT2D eigenvalue weighted by Gasteiger charge is -2.33. The Morgan fingerprint density at radius 1 is 0.700 bits per heavy atom. The number of hydrogen-bond acceptors (Lipinski definition) is 0. The highest BCUT2D eigenvalue weighted by Crippen LogP contribution is 2.39. The maximum absolute atomic E-state index is 2.45. The number of rotatable bonds is 12. The standard InChI is InChI=1S/C30H50/c1-3-5-7-11-26-14-16-27(17-15-26)22-23-30(29-12-8-6-9-13-29)24-28-20-18-25(10-4-2)19-21-28/h18-21,26-27,29-30H,3-17,22-24H2,1-2H3. The third-order valence-corrected chi connectivity index (χ3v) is 8.50. The predicted octanol–water partition coefficient (Wildman–Crippen LogP) is 9.54. The molecule has 2 aliphatic carbocycles. The van der Waals surface area contributed by atoms with Gasteiger partial charge >= 0.3 is 0 Å². The van der Waals surface area contributed by atoms with E-state index in [-0.39, 0.29) is 0 Å². The summed E-state index contributed by atoms with van der Waals surface area (Å²) < 4.78 is 0. The predicted molar refractivity (Wildman–Crippen MR) is 133 cm³/mol. The first-order chi connectivity index (χ1) is 14.8. The zero-order chi connectivity index (χ0) is 21.0. The van der Waals surface area contributed by atoms with Gasteiger partial charge in [0, 0.05) is 0 Å². The Morgan fingerprint density at radius 2 is 1.33 bits per heavy atom. The molecule has 0 N–H and O–H groups in total. The quantitative estimate of drug-likeness (QED) is 0.301. The molecule has 2 fully saturated rings. The van der Waals surface area contributed by atoms with E-state index in [1.807, 2.05) is 0 Å². The first-order valence-corrected chi connectivity index (χ1v) is 13.9. The van der Waals surface area contributed by atoms with Crippen LogP contribution in [0.1, 0.15) is 128 Å². The van der Waals surface area contributed by atoms with Crippen LogP contribution >= 0.6 is 0 Å². The van der Waals surface area contributed by atoms with Crippen LogP contribution in [-0.4, -0.2) is 0 Å². The van der Waals surface area contributed by atoms with Gasteiger partial charge in [0.05, 0.1) is 0 Å². The molecule has 2 aliphatic rings. The molecule has 0 aliphatic heterocycles. The number of unbranched alkanes of at least 4 members (excludes halogenated alkanes) is 2. The highest BCUT2D eigenvalue weighted by molar-refractivity contribution is 5.23. The molecule has 170 valence electrons. The summed E-state index contributed by atoms with van der Waals surface area (Å²) in [5.41, 5.74) is 3.12. The lowest BCUT2D eigenvalue weighted by Crippen LogP contribution is -2.22. The van der Waals surface area contributed by atoms with Crippen LogP contribution in [0.15, 0.2) is 24.3 Å². The van der Waals surface area contributed by atoms with Crippen molar-refractivity contribution in [2.75, 3.05) is 0 Å². The van der Waals surface area contributed by atoms with Crippen LogP contribution in [0.5, 0.6) is 0 Å². The molecule has 2 saturated carbocycles. The Balaban J connectivity index is 1.48. The maximum Gasteiger partial charge on any atom is -0.0248 e. The lowest BCUT2D eigenvalue weighted by atomic mass is 9.72. The van der Waals surface area contributed by atoms with E-state index in [2.05, 4.69) is 38.1 Å². The van der Waals surface area contributed by atoms with Crippen molar-refractivity contribution >= 4 is 0 Å². The normalized spacial score (nSPS) is 24.1. The number of aryl methyl sites for hydroxylation is 1. The zero-order valence-electron chi connectivity index (χ0n) is 20.3. The number of benzene rings is 1. The zero-order valence-corrected chi connectivity index (χ0v) is 20.3. The average molecular weight is 411 g/mol. The highest BCUT2D eigenvalue weighted by Gasteiger charge is 2.26. The molecule has 0 aromatic heterocycles. The minimum absolute atomic E-state index is 0.935. The van der Waals surface area contributed by atoms with Crippen LogP contribution in [-0.2, 0) is 12.8 Å². The minimum Gasteiger partial charge on any atom is -0.0654 e. The molecule has 0 heterocycles. The van der Waals surface area contributed by atoms with Crippen LogP contribution in [0.25, 0.3) is 0 Å². The first-order valence-electron chi connectivity index (χ1n) is 13.9. The van der Waals surface area contributed by atoms with Crippen molar-refractivity contribution in [2.45, 2.75) is 129 Å². The molecule has 0 amide bonds. The molecular formula is C30H50. The van der Waals surface area contributed by atoms with Crippen LogP contribution in [0.3, 0.4) is 0 Å². The second kappa shape index (κ2) is 13.6. The Hall–Kier alpha value is -0.780. The largest absolute Gasteiger partial charge is 0.0654 e. The third kappa shape index (κ3) is 8.05. The summed E-state index contributed by atoms with van der Waals surface area (Å²) in [6.07, 6.45) is 26.2. The molecular weight excluding hydrogens is 360 g/mol. The van der Waals surface area contributed by atoms with Gasteiger partial charge in [0.1, 0.15) is 0 Å². The van der Waals surface area contributed by atoms with Gasteiger partial charge in [-0.3, -0.25) is 0 Å². The topological polar surface area (TPSA) is 0 Å². The maximum atomic E-state index is 2.45. The van der Waals surface area contributed by atoms with Crippen molar-refractivity contribution in [3.63, 3.8) is 0 Å². The van der Waals surface area contributed by atoms with E-state index >= 15 is 0 Å². The first kappa shape index (κ1) is 23.9. The van der Waals surface area contributed by atoms with Crippen molar-refractivity contribution in [3.05, 3.63) is 35.4 Å². The van der Waals surface area contributed by atoms with E-state index in [9.17, 15) is 0 Å². The Bertz CT molecular complexity index is 542. The van der Waals surface area contributed by atoms with E-state index in [1.54, 1.807) is 5.56 Å². The van der Waals surface area contributed by atoms with E-state index < -0.39 is 0 Å². The van der Waals surface area contributed by atoms with Crippen molar-refractivity contribution in [1.29, 1.82) is 0 Å². The molecule has 30 heavy (non-hydrogen) atoms. The van der Waals surface area contributed by atoms with Crippen molar-refractivity contribution < 1.29 is 0 Å². The smallest absolute Gasteiger partial charge is 0.0248 e. The van der Waals surface area contributed by atoms with Crippen molar-refractivity contribution in [1.82, 2.24) is 0 Å². The van der Waals surface area contributed by atoms with E-state index in [0.717, 1.165) is 23.7 Å². The van der Waals surface area contributed by atoms with Gasteiger partial charge in [0.25, 0.3) is 0 Å². The Kier molecular flexibility index (Phi) is 10.8. The molecule has 1 unspecified atom stereocenters. The van der Waals surface area contributed by atoms with Gasteiger partial charge in [0.15, 0.2) is 0 Å². The van der Waals surface area contributed by atoms with Crippen LogP contribution in [0, 0.1) is 23.7 Å². The van der Waals surface area contributed by atoms with Gasteiger partial charge in [-0.2, -0.15) is 0 Å². The molecule has 0 heteroatoms. The summed E-state index contributed by atoms with van der Waals surface area (Å²) in [5, 5.41) is 0. The minimum atomic E-state index is 0.935. The average Bonchev–Trinajstić information content (AvgIpc) is 2.79. The molecule has 1 aromatic rings. The van der Waals surface area contributed by atoms with Gasteiger partial charge in [-0.1, -0.05) is 134 Å². The fourth-order valence-corrected chi connectivity index (χ4v) is 6.49. The van der Waals surface area contributed by atoms with Gasteiger partial charge in [-0.25, -0.2) is 0 Å². The summed E-state index contributed by atoms with van der Waals surface area (Å²) in [6.45, 7) is 4.62. The molecule has 0 saturated heterocycles. The van der Waals surface area contributed by atoms with Gasteiger partial charge in [-0.15, -0.1) is 0 Å². The second-order valence-electron chi connectivity index (χ2n) is 10.9. The molecule has 3 rings (SSSR count). The molecule has 0 nitrogen and oxygen atoms in total. The van der Waals surface area contributed by atoms with Gasteiger partial charge < -0.3 is 0 Å².